The summed E-state index contributed by atoms with van der Waals surface area (Å²) in [5, 5.41) is 2.40. The third-order valence-corrected chi connectivity index (χ3v) is 4.27. The van der Waals surface area contributed by atoms with Gasteiger partial charge in [-0.2, -0.15) is 13.2 Å². The number of alkyl halides is 3. The average molecular weight is 388 g/mol. The van der Waals surface area contributed by atoms with Crippen molar-refractivity contribution in [3.8, 4) is 11.1 Å². The molecule has 0 unspecified atom stereocenters. The van der Waals surface area contributed by atoms with Crippen LogP contribution in [-0.2, 0) is 6.18 Å². The van der Waals surface area contributed by atoms with Crippen molar-refractivity contribution in [2.75, 3.05) is 5.32 Å². The molecule has 0 radical (unpaired) electrons. The molecule has 0 aliphatic carbocycles. The van der Waals surface area contributed by atoms with E-state index in [0.29, 0.717) is 16.8 Å². The van der Waals surface area contributed by atoms with Gasteiger partial charge in [0.1, 0.15) is 5.58 Å². The summed E-state index contributed by atoms with van der Waals surface area (Å²) in [5.41, 5.74) is 0.536. The molecular formula is C20H12F4N2O2. The number of hydrogen-bond acceptors (Lipinski definition) is 3. The molecule has 0 saturated heterocycles. The zero-order valence-electron chi connectivity index (χ0n) is 14.4. The lowest BCUT2D eigenvalue weighted by Gasteiger charge is -2.11. The molecule has 0 spiro atoms. The van der Waals surface area contributed by atoms with Crippen LogP contribution in [0, 0.1) is 12.7 Å². The fourth-order valence-electron chi connectivity index (χ4n) is 3.07. The highest BCUT2D eigenvalue weighted by Crippen LogP contribution is 2.39. The highest BCUT2D eigenvalue weighted by molar-refractivity contribution is 6.16. The predicted molar refractivity (Wildman–Crippen MR) is 94.7 cm³/mol. The zero-order chi connectivity index (χ0) is 20.1. The fraction of sp³-hybridized carbons (Fsp3) is 0.100. The quantitative estimate of drug-likeness (QED) is 0.462. The number of carbonyl (C=O) groups is 1. The van der Waals surface area contributed by atoms with E-state index in [2.05, 4.69) is 10.3 Å². The average Bonchev–Trinajstić information content (AvgIpc) is 3.18. The maximum absolute atomic E-state index is 14.1. The van der Waals surface area contributed by atoms with Crippen LogP contribution in [0.1, 0.15) is 21.6 Å². The van der Waals surface area contributed by atoms with Gasteiger partial charge in [-0.25, -0.2) is 4.39 Å². The Hall–Kier alpha value is -3.42. The first kappa shape index (κ1) is 18.0. The first-order valence-corrected chi connectivity index (χ1v) is 8.20. The molecule has 0 aliphatic heterocycles. The second-order valence-electron chi connectivity index (χ2n) is 6.26. The Bertz CT molecular complexity index is 1180. The van der Waals surface area contributed by atoms with Crippen molar-refractivity contribution >= 4 is 22.8 Å². The number of carbonyl (C=O) groups excluding carboxylic acids is 1. The lowest BCUT2D eigenvalue weighted by Crippen LogP contribution is -2.14. The summed E-state index contributed by atoms with van der Waals surface area (Å²) in [4.78, 5) is 16.9. The van der Waals surface area contributed by atoms with E-state index >= 15 is 0 Å². The normalized spacial score (nSPS) is 11.9. The van der Waals surface area contributed by atoms with Crippen LogP contribution in [0.15, 0.2) is 53.1 Å². The number of aryl methyl sites for hydroxylation is 1. The van der Waals surface area contributed by atoms with Gasteiger partial charge in [-0.3, -0.25) is 9.78 Å². The van der Waals surface area contributed by atoms with E-state index in [-0.39, 0.29) is 22.4 Å². The van der Waals surface area contributed by atoms with Gasteiger partial charge in [0.05, 0.1) is 11.1 Å². The summed E-state index contributed by atoms with van der Waals surface area (Å²) in [6, 6.07) is 8.73. The van der Waals surface area contributed by atoms with Gasteiger partial charge in [-0.05, 0) is 42.8 Å². The van der Waals surface area contributed by atoms with Crippen molar-refractivity contribution < 1.29 is 26.8 Å². The maximum atomic E-state index is 14.1. The molecule has 2 bridgehead atoms. The van der Waals surface area contributed by atoms with Crippen LogP contribution in [0.5, 0.6) is 0 Å². The summed E-state index contributed by atoms with van der Waals surface area (Å²) in [6.07, 6.45) is -3.01. The Morgan fingerprint density at radius 3 is 2.64 bits per heavy atom. The Labute approximate surface area is 156 Å². The Kier molecular flexibility index (Phi) is 4.06. The molecule has 4 rings (SSSR count). The standard InChI is InChI=1S/C20H12F4N2O2/c1-10-7-11(5-6-25-10)16-15-9-14(21)18(28-15)17(16)19(27)26-13-4-2-3-12(8-13)20(22,23)24/h2-9H,1H3,(H,26,27). The van der Waals surface area contributed by atoms with Gasteiger partial charge in [0, 0.05) is 29.2 Å². The molecule has 0 aliphatic rings. The van der Waals surface area contributed by atoms with E-state index in [1.165, 1.54) is 24.4 Å². The molecule has 0 fully saturated rings. The van der Waals surface area contributed by atoms with Crippen LogP contribution >= 0.6 is 0 Å². The number of aromatic nitrogens is 1. The minimum absolute atomic E-state index is 0.0599. The van der Waals surface area contributed by atoms with Crippen molar-refractivity contribution in [2.24, 2.45) is 0 Å². The van der Waals surface area contributed by atoms with E-state index in [1.54, 1.807) is 19.1 Å². The number of benzene rings is 2. The second-order valence-corrected chi connectivity index (χ2v) is 6.26. The van der Waals surface area contributed by atoms with E-state index < -0.39 is 23.5 Å². The minimum Gasteiger partial charge on any atom is -0.453 e. The maximum Gasteiger partial charge on any atom is 0.416 e. The number of nitrogens with zero attached hydrogens (tertiary/aromatic N) is 1. The SMILES string of the molecule is Cc1cc(-c2c(C(=O)Nc3cccc(C(F)(F)F)c3)c3oc2cc3F)ccn1. The van der Waals surface area contributed by atoms with Gasteiger partial charge < -0.3 is 9.73 Å². The molecule has 1 N–H and O–H groups in total. The van der Waals surface area contributed by atoms with Crippen molar-refractivity contribution in [3.05, 3.63) is 71.3 Å². The van der Waals surface area contributed by atoms with E-state index in [4.69, 9.17) is 4.42 Å². The number of halogens is 4. The number of nitrogens with one attached hydrogen (secondary N) is 1. The van der Waals surface area contributed by atoms with Crippen LogP contribution < -0.4 is 5.32 Å². The van der Waals surface area contributed by atoms with Crippen LogP contribution in [0.4, 0.5) is 23.2 Å². The molecule has 1 aromatic carbocycles. The Morgan fingerprint density at radius 1 is 1.14 bits per heavy atom. The molecule has 0 saturated carbocycles. The number of rotatable bonds is 3. The summed E-state index contributed by atoms with van der Waals surface area (Å²) >= 11 is 0. The summed E-state index contributed by atoms with van der Waals surface area (Å²) in [7, 11) is 0. The monoisotopic (exact) mass is 388 g/mol. The first-order valence-electron chi connectivity index (χ1n) is 8.20. The van der Waals surface area contributed by atoms with E-state index in [9.17, 15) is 22.4 Å². The van der Waals surface area contributed by atoms with E-state index in [1.807, 2.05) is 0 Å². The van der Waals surface area contributed by atoms with Gasteiger partial charge in [-0.1, -0.05) is 6.07 Å². The molecule has 8 heteroatoms. The van der Waals surface area contributed by atoms with Crippen LogP contribution in [0.3, 0.4) is 0 Å². The van der Waals surface area contributed by atoms with Crippen LogP contribution in [0.2, 0.25) is 0 Å². The molecule has 0 atom stereocenters. The van der Waals surface area contributed by atoms with Crippen molar-refractivity contribution in [1.82, 2.24) is 4.98 Å². The number of furan rings is 2. The summed E-state index contributed by atoms with van der Waals surface area (Å²) in [6.45, 7) is 1.76. The molecule has 28 heavy (non-hydrogen) atoms. The first-order chi connectivity index (χ1) is 13.2. The molecule has 4 aromatic rings. The molecule has 142 valence electrons. The van der Waals surface area contributed by atoms with Crippen LogP contribution in [0.25, 0.3) is 22.3 Å². The van der Waals surface area contributed by atoms with Gasteiger partial charge in [0.2, 0.25) is 0 Å². The smallest absolute Gasteiger partial charge is 0.416 e. The second kappa shape index (κ2) is 6.33. The molecular weight excluding hydrogens is 376 g/mol. The Balaban J connectivity index is 1.76. The topological polar surface area (TPSA) is 55.1 Å². The number of anilines is 1. The third kappa shape index (κ3) is 3.06. The van der Waals surface area contributed by atoms with E-state index in [0.717, 1.165) is 12.1 Å². The highest BCUT2D eigenvalue weighted by Gasteiger charge is 2.31. The fourth-order valence-corrected chi connectivity index (χ4v) is 3.07. The lowest BCUT2D eigenvalue weighted by atomic mass is 9.99. The number of pyridine rings is 1. The number of amides is 1. The predicted octanol–water partition coefficient (Wildman–Crippen LogP) is 5.65. The zero-order valence-corrected chi connectivity index (χ0v) is 14.4. The molecule has 4 nitrogen and oxygen atoms in total. The molecule has 1 amide bonds. The van der Waals surface area contributed by atoms with Gasteiger partial charge in [0.15, 0.2) is 11.4 Å². The summed E-state index contributed by atoms with van der Waals surface area (Å²) in [5.74, 6) is -1.48. The molecule has 3 aromatic heterocycles. The number of fused-ring (bicyclic) bond motifs is 2. The Morgan fingerprint density at radius 2 is 1.93 bits per heavy atom. The molecule has 3 heterocycles. The largest absolute Gasteiger partial charge is 0.453 e. The highest BCUT2D eigenvalue weighted by atomic mass is 19.4. The number of hydrogen-bond donors (Lipinski definition) is 1. The van der Waals surface area contributed by atoms with Crippen molar-refractivity contribution in [3.63, 3.8) is 0 Å². The minimum atomic E-state index is -4.55. The van der Waals surface area contributed by atoms with Gasteiger partial charge in [-0.15, -0.1) is 0 Å². The lowest BCUT2D eigenvalue weighted by molar-refractivity contribution is -0.137. The summed E-state index contributed by atoms with van der Waals surface area (Å²) < 4.78 is 58.1. The van der Waals surface area contributed by atoms with Crippen molar-refractivity contribution in [1.29, 1.82) is 0 Å². The van der Waals surface area contributed by atoms with Gasteiger partial charge in [0.25, 0.3) is 5.91 Å². The third-order valence-electron chi connectivity index (χ3n) is 4.27. The van der Waals surface area contributed by atoms with Crippen LogP contribution in [-0.4, -0.2) is 10.9 Å². The van der Waals surface area contributed by atoms with Crippen molar-refractivity contribution in [2.45, 2.75) is 13.1 Å². The van der Waals surface area contributed by atoms with Gasteiger partial charge >= 0.3 is 6.18 Å².